The summed E-state index contributed by atoms with van der Waals surface area (Å²) in [5.41, 5.74) is 2.00. The van der Waals surface area contributed by atoms with Crippen molar-refractivity contribution >= 4 is 33.4 Å². The Labute approximate surface area is 156 Å². The second kappa shape index (κ2) is 7.29. The van der Waals surface area contributed by atoms with E-state index in [0.29, 0.717) is 11.4 Å². The maximum absolute atomic E-state index is 12.4. The third-order valence-corrected chi connectivity index (χ3v) is 5.18. The molecule has 0 saturated heterocycles. The van der Waals surface area contributed by atoms with Gasteiger partial charge in [-0.25, -0.2) is 4.79 Å². The summed E-state index contributed by atoms with van der Waals surface area (Å²) in [5, 5.41) is 5.51. The molecule has 1 atom stereocenters. The molecule has 0 unspecified atom stereocenters. The molecular formula is C19H21N3O3S. The Balaban J connectivity index is 1.84. The average Bonchev–Trinajstić information content (AvgIpc) is 3.17. The van der Waals surface area contributed by atoms with Crippen LogP contribution in [-0.2, 0) is 16.1 Å². The number of carbonyl (C=O) groups excluding carboxylic acids is 2. The van der Waals surface area contributed by atoms with Crippen molar-refractivity contribution in [3.05, 3.63) is 52.5 Å². The summed E-state index contributed by atoms with van der Waals surface area (Å²) < 4.78 is 7.21. The molecule has 0 spiro atoms. The average molecular weight is 371 g/mol. The van der Waals surface area contributed by atoms with E-state index in [1.54, 1.807) is 27.1 Å². The molecule has 2 heterocycles. The number of thiophene rings is 1. The van der Waals surface area contributed by atoms with Crippen LogP contribution in [0.1, 0.15) is 27.9 Å². The fraction of sp³-hybridized carbons (Fsp3) is 0.316. The predicted molar refractivity (Wildman–Crippen MR) is 101 cm³/mol. The van der Waals surface area contributed by atoms with Crippen LogP contribution < -0.4 is 0 Å². The second-order valence-electron chi connectivity index (χ2n) is 6.34. The Morgan fingerprint density at radius 1 is 1.27 bits per heavy atom. The van der Waals surface area contributed by atoms with Crippen LogP contribution in [0.5, 0.6) is 0 Å². The highest BCUT2D eigenvalue weighted by Gasteiger charge is 2.23. The molecule has 7 heteroatoms. The molecule has 26 heavy (non-hydrogen) atoms. The van der Waals surface area contributed by atoms with E-state index in [2.05, 4.69) is 5.10 Å². The molecule has 0 radical (unpaired) electrons. The molecular weight excluding hydrogens is 350 g/mol. The van der Waals surface area contributed by atoms with Gasteiger partial charge in [-0.1, -0.05) is 30.3 Å². The van der Waals surface area contributed by atoms with Crippen LogP contribution in [0.3, 0.4) is 0 Å². The van der Waals surface area contributed by atoms with Crippen molar-refractivity contribution in [1.82, 2.24) is 14.7 Å². The highest BCUT2D eigenvalue weighted by molar-refractivity contribution is 7.20. The standard InChI is InChI=1S/C19H21N3O3S/c1-12-15-10-16(19(24)25-13(2)17(23)21(3)4)26-18(15)22(20-12)11-14-8-6-5-7-9-14/h5-10,13H,11H2,1-4H3/t13-/m1/s1. The lowest BCUT2D eigenvalue weighted by Crippen LogP contribution is -2.34. The third kappa shape index (κ3) is 3.62. The summed E-state index contributed by atoms with van der Waals surface area (Å²) in [5.74, 6) is -0.731. The SMILES string of the molecule is Cc1nn(Cc2ccccc2)c2sc(C(=O)O[C@H](C)C(=O)N(C)C)cc12. The van der Waals surface area contributed by atoms with Crippen molar-refractivity contribution in [2.75, 3.05) is 14.1 Å². The lowest BCUT2D eigenvalue weighted by Gasteiger charge is -2.16. The summed E-state index contributed by atoms with van der Waals surface area (Å²) >= 11 is 1.34. The lowest BCUT2D eigenvalue weighted by molar-refractivity contribution is -0.137. The number of benzene rings is 1. The van der Waals surface area contributed by atoms with Gasteiger partial charge in [0.1, 0.15) is 9.71 Å². The van der Waals surface area contributed by atoms with Gasteiger partial charge in [-0.05, 0) is 25.5 Å². The highest BCUT2D eigenvalue weighted by Crippen LogP contribution is 2.29. The van der Waals surface area contributed by atoms with Gasteiger partial charge in [0.2, 0.25) is 0 Å². The summed E-state index contributed by atoms with van der Waals surface area (Å²) in [7, 11) is 3.27. The first kappa shape index (κ1) is 18.1. The maximum Gasteiger partial charge on any atom is 0.349 e. The first-order valence-corrected chi connectivity index (χ1v) is 9.11. The van der Waals surface area contributed by atoms with Gasteiger partial charge in [0, 0.05) is 19.5 Å². The number of nitrogens with zero attached hydrogens (tertiary/aromatic N) is 3. The van der Waals surface area contributed by atoms with Crippen LogP contribution in [0.25, 0.3) is 10.2 Å². The minimum absolute atomic E-state index is 0.245. The van der Waals surface area contributed by atoms with E-state index >= 15 is 0 Å². The number of hydrogen-bond acceptors (Lipinski definition) is 5. The van der Waals surface area contributed by atoms with Gasteiger partial charge in [0.05, 0.1) is 12.2 Å². The van der Waals surface area contributed by atoms with Gasteiger partial charge >= 0.3 is 5.97 Å². The van der Waals surface area contributed by atoms with Crippen molar-refractivity contribution in [3.8, 4) is 0 Å². The Kier molecular flexibility index (Phi) is 5.08. The Hall–Kier alpha value is -2.67. The molecule has 0 saturated carbocycles. The van der Waals surface area contributed by atoms with Crippen LogP contribution in [0, 0.1) is 6.92 Å². The fourth-order valence-corrected chi connectivity index (χ4v) is 3.75. The van der Waals surface area contributed by atoms with Crippen molar-refractivity contribution in [1.29, 1.82) is 0 Å². The number of hydrogen-bond donors (Lipinski definition) is 0. The van der Waals surface area contributed by atoms with Crippen molar-refractivity contribution in [3.63, 3.8) is 0 Å². The molecule has 6 nitrogen and oxygen atoms in total. The first-order valence-electron chi connectivity index (χ1n) is 8.30. The molecule has 0 aliphatic rings. The zero-order valence-electron chi connectivity index (χ0n) is 15.2. The van der Waals surface area contributed by atoms with E-state index in [0.717, 1.165) is 21.5 Å². The molecule has 0 aliphatic heterocycles. The van der Waals surface area contributed by atoms with Gasteiger partial charge in [0.25, 0.3) is 5.91 Å². The quantitative estimate of drug-likeness (QED) is 0.647. The summed E-state index contributed by atoms with van der Waals surface area (Å²) in [6, 6.07) is 11.8. The topological polar surface area (TPSA) is 64.4 Å². The Morgan fingerprint density at radius 3 is 2.62 bits per heavy atom. The van der Waals surface area contributed by atoms with Crippen LogP contribution in [-0.4, -0.2) is 46.8 Å². The lowest BCUT2D eigenvalue weighted by atomic mass is 10.2. The van der Waals surface area contributed by atoms with E-state index in [4.69, 9.17) is 4.74 Å². The number of rotatable bonds is 5. The smallest absolute Gasteiger partial charge is 0.349 e. The number of aryl methyl sites for hydroxylation is 1. The molecule has 0 bridgehead atoms. The van der Waals surface area contributed by atoms with E-state index < -0.39 is 12.1 Å². The number of carbonyl (C=O) groups is 2. The zero-order chi connectivity index (χ0) is 18.8. The number of esters is 1. The van der Waals surface area contributed by atoms with Crippen molar-refractivity contribution in [2.24, 2.45) is 0 Å². The van der Waals surface area contributed by atoms with Gasteiger partial charge in [-0.15, -0.1) is 11.3 Å². The minimum atomic E-state index is -0.815. The fourth-order valence-electron chi connectivity index (χ4n) is 2.71. The van der Waals surface area contributed by atoms with Crippen LogP contribution >= 0.6 is 11.3 Å². The largest absolute Gasteiger partial charge is 0.448 e. The van der Waals surface area contributed by atoms with E-state index in [1.165, 1.54) is 16.2 Å². The normalized spacial score (nSPS) is 12.2. The Bertz CT molecular complexity index is 944. The second-order valence-corrected chi connectivity index (χ2v) is 7.37. The maximum atomic E-state index is 12.4. The predicted octanol–water partition coefficient (Wildman–Crippen LogP) is 3.09. The van der Waals surface area contributed by atoms with Crippen molar-refractivity contribution < 1.29 is 14.3 Å². The third-order valence-electron chi connectivity index (χ3n) is 4.06. The number of ether oxygens (including phenoxy) is 1. The summed E-state index contributed by atoms with van der Waals surface area (Å²) in [6.07, 6.45) is -0.815. The van der Waals surface area contributed by atoms with Crippen LogP contribution in [0.15, 0.2) is 36.4 Å². The van der Waals surface area contributed by atoms with Gasteiger partial charge < -0.3 is 9.64 Å². The summed E-state index contributed by atoms with van der Waals surface area (Å²) in [4.78, 5) is 27.1. The molecule has 0 aliphatic carbocycles. The van der Waals surface area contributed by atoms with Crippen molar-refractivity contribution in [2.45, 2.75) is 26.5 Å². The number of aromatic nitrogens is 2. The Morgan fingerprint density at radius 2 is 1.96 bits per heavy atom. The van der Waals surface area contributed by atoms with Crippen LogP contribution in [0.4, 0.5) is 0 Å². The van der Waals surface area contributed by atoms with Gasteiger partial charge in [0.15, 0.2) is 6.10 Å². The van der Waals surface area contributed by atoms with Gasteiger partial charge in [-0.2, -0.15) is 5.10 Å². The number of amides is 1. The zero-order valence-corrected chi connectivity index (χ0v) is 16.0. The molecule has 3 aromatic rings. The molecule has 1 aromatic carbocycles. The van der Waals surface area contributed by atoms with E-state index in [-0.39, 0.29) is 5.91 Å². The number of likely N-dealkylation sites (N-methyl/N-ethyl adjacent to an activating group) is 1. The molecule has 136 valence electrons. The first-order chi connectivity index (χ1) is 12.4. The molecule has 2 aromatic heterocycles. The minimum Gasteiger partial charge on any atom is -0.448 e. The van der Waals surface area contributed by atoms with Gasteiger partial charge in [-0.3, -0.25) is 9.48 Å². The highest BCUT2D eigenvalue weighted by atomic mass is 32.1. The molecule has 3 rings (SSSR count). The number of fused-ring (bicyclic) bond motifs is 1. The monoisotopic (exact) mass is 371 g/mol. The molecule has 0 fully saturated rings. The summed E-state index contributed by atoms with van der Waals surface area (Å²) in [6.45, 7) is 4.13. The van der Waals surface area contributed by atoms with E-state index in [1.807, 2.05) is 41.9 Å². The molecule has 0 N–H and O–H groups in total. The molecule has 1 amide bonds. The van der Waals surface area contributed by atoms with Crippen LogP contribution in [0.2, 0.25) is 0 Å². The van der Waals surface area contributed by atoms with E-state index in [9.17, 15) is 9.59 Å².